The van der Waals surface area contributed by atoms with E-state index in [-0.39, 0.29) is 0 Å². The molecule has 0 aromatic heterocycles. The first-order valence-electron chi connectivity index (χ1n) is 4.37. The lowest BCUT2D eigenvalue weighted by molar-refractivity contribution is 0.460. The molecule has 0 aromatic rings. The highest BCUT2D eigenvalue weighted by molar-refractivity contribution is 4.82. The summed E-state index contributed by atoms with van der Waals surface area (Å²) >= 11 is 0. The van der Waals surface area contributed by atoms with E-state index in [0.29, 0.717) is 5.54 Å². The molecule has 0 spiro atoms. The molecule has 1 nitrogen and oxygen atoms in total. The average molecular weight is 143 g/mol. The van der Waals surface area contributed by atoms with Crippen molar-refractivity contribution in [3.63, 3.8) is 0 Å². The molecule has 1 rings (SSSR count). The molecule has 0 aromatic carbocycles. The minimum absolute atomic E-state index is 0.444. The van der Waals surface area contributed by atoms with Gasteiger partial charge in [-0.2, -0.15) is 0 Å². The standard InChI is InChI=1S/C6H13N.C3H8/c1-6(2)4-3-5-7-6;1-3-2/h7H,3-5H2,1-2H3;3H2,1-2H3. The third-order valence-electron chi connectivity index (χ3n) is 1.58. The fourth-order valence-corrected chi connectivity index (χ4v) is 1.05. The molecule has 10 heavy (non-hydrogen) atoms. The first-order chi connectivity index (χ1) is 4.62. The molecule has 1 heteroatoms. The highest BCUT2D eigenvalue weighted by Gasteiger charge is 2.20. The van der Waals surface area contributed by atoms with E-state index in [2.05, 4.69) is 33.0 Å². The predicted octanol–water partition coefficient (Wildman–Crippen LogP) is 2.56. The molecular weight excluding hydrogens is 122 g/mol. The van der Waals surface area contributed by atoms with Crippen molar-refractivity contribution in [2.45, 2.75) is 52.5 Å². The molecular formula is C9H21N. The summed E-state index contributed by atoms with van der Waals surface area (Å²) in [6.07, 6.45) is 3.94. The van der Waals surface area contributed by atoms with Crippen molar-refractivity contribution in [3.8, 4) is 0 Å². The van der Waals surface area contributed by atoms with Crippen LogP contribution in [0, 0.1) is 0 Å². The maximum Gasteiger partial charge on any atom is 0.0125 e. The lowest BCUT2D eigenvalue weighted by Crippen LogP contribution is -2.31. The molecule has 1 aliphatic heterocycles. The van der Waals surface area contributed by atoms with Crippen LogP contribution in [0.1, 0.15) is 47.0 Å². The predicted molar refractivity (Wildman–Crippen MR) is 47.3 cm³/mol. The molecule has 1 aliphatic rings. The van der Waals surface area contributed by atoms with Gasteiger partial charge in [-0.15, -0.1) is 0 Å². The van der Waals surface area contributed by atoms with Gasteiger partial charge in [0.15, 0.2) is 0 Å². The number of rotatable bonds is 0. The fourth-order valence-electron chi connectivity index (χ4n) is 1.05. The Morgan fingerprint density at radius 3 is 1.90 bits per heavy atom. The van der Waals surface area contributed by atoms with E-state index in [4.69, 9.17) is 0 Å². The van der Waals surface area contributed by atoms with Crippen molar-refractivity contribution in [1.82, 2.24) is 5.32 Å². The molecule has 1 N–H and O–H groups in total. The van der Waals surface area contributed by atoms with E-state index in [1.165, 1.54) is 25.8 Å². The van der Waals surface area contributed by atoms with Gasteiger partial charge in [-0.25, -0.2) is 0 Å². The van der Waals surface area contributed by atoms with Crippen molar-refractivity contribution in [2.24, 2.45) is 0 Å². The van der Waals surface area contributed by atoms with Crippen LogP contribution in [0.5, 0.6) is 0 Å². The van der Waals surface area contributed by atoms with Crippen LogP contribution in [0.4, 0.5) is 0 Å². The third kappa shape index (κ3) is 4.80. The van der Waals surface area contributed by atoms with Gasteiger partial charge in [-0.05, 0) is 33.2 Å². The highest BCUT2D eigenvalue weighted by atomic mass is 15.0. The van der Waals surface area contributed by atoms with Crippen LogP contribution in [-0.2, 0) is 0 Å². The molecule has 0 radical (unpaired) electrons. The van der Waals surface area contributed by atoms with Gasteiger partial charge < -0.3 is 5.32 Å². The zero-order chi connectivity index (χ0) is 8.04. The number of nitrogens with one attached hydrogen (secondary N) is 1. The topological polar surface area (TPSA) is 12.0 Å². The summed E-state index contributed by atoms with van der Waals surface area (Å²) in [4.78, 5) is 0. The van der Waals surface area contributed by atoms with Crippen molar-refractivity contribution in [2.75, 3.05) is 6.54 Å². The fraction of sp³-hybridized carbons (Fsp3) is 1.00. The van der Waals surface area contributed by atoms with Gasteiger partial charge in [0, 0.05) is 5.54 Å². The molecule has 0 atom stereocenters. The Labute approximate surface area is 65.2 Å². The Morgan fingerprint density at radius 1 is 1.30 bits per heavy atom. The highest BCUT2D eigenvalue weighted by Crippen LogP contribution is 2.15. The van der Waals surface area contributed by atoms with E-state index in [1.807, 2.05) is 0 Å². The minimum Gasteiger partial charge on any atom is -0.312 e. The van der Waals surface area contributed by atoms with E-state index in [0.717, 1.165) is 0 Å². The van der Waals surface area contributed by atoms with Gasteiger partial charge in [0.25, 0.3) is 0 Å². The Hall–Kier alpha value is -0.0400. The molecule has 0 unspecified atom stereocenters. The summed E-state index contributed by atoms with van der Waals surface area (Å²) < 4.78 is 0. The van der Waals surface area contributed by atoms with Crippen molar-refractivity contribution >= 4 is 0 Å². The first kappa shape index (κ1) is 9.96. The molecule has 0 saturated carbocycles. The molecule has 1 fully saturated rings. The van der Waals surface area contributed by atoms with Crippen LogP contribution in [0.25, 0.3) is 0 Å². The quantitative estimate of drug-likeness (QED) is 0.549. The first-order valence-corrected chi connectivity index (χ1v) is 4.37. The van der Waals surface area contributed by atoms with Crippen LogP contribution in [-0.4, -0.2) is 12.1 Å². The smallest absolute Gasteiger partial charge is 0.0125 e. The Morgan fingerprint density at radius 2 is 1.80 bits per heavy atom. The van der Waals surface area contributed by atoms with Crippen LogP contribution < -0.4 is 5.32 Å². The summed E-state index contributed by atoms with van der Waals surface area (Å²) in [7, 11) is 0. The van der Waals surface area contributed by atoms with E-state index in [9.17, 15) is 0 Å². The molecule has 0 aliphatic carbocycles. The summed E-state index contributed by atoms with van der Waals surface area (Å²) in [6.45, 7) is 9.97. The maximum absolute atomic E-state index is 3.40. The Kier molecular flexibility index (Phi) is 4.71. The van der Waals surface area contributed by atoms with Gasteiger partial charge in [-0.3, -0.25) is 0 Å². The van der Waals surface area contributed by atoms with Gasteiger partial charge in [-0.1, -0.05) is 20.3 Å². The van der Waals surface area contributed by atoms with Crippen molar-refractivity contribution in [1.29, 1.82) is 0 Å². The normalized spacial score (nSPS) is 21.6. The van der Waals surface area contributed by atoms with Crippen molar-refractivity contribution < 1.29 is 0 Å². The Balaban J connectivity index is 0.000000236. The molecule has 0 bridgehead atoms. The van der Waals surface area contributed by atoms with Gasteiger partial charge in [0.1, 0.15) is 0 Å². The van der Waals surface area contributed by atoms with Crippen molar-refractivity contribution in [3.05, 3.63) is 0 Å². The monoisotopic (exact) mass is 143 g/mol. The van der Waals surface area contributed by atoms with Crippen LogP contribution >= 0.6 is 0 Å². The van der Waals surface area contributed by atoms with Gasteiger partial charge in [0.05, 0.1) is 0 Å². The number of hydrogen-bond acceptors (Lipinski definition) is 1. The molecule has 62 valence electrons. The van der Waals surface area contributed by atoms with E-state index in [1.54, 1.807) is 0 Å². The molecule has 1 heterocycles. The van der Waals surface area contributed by atoms with Crippen LogP contribution in [0.3, 0.4) is 0 Å². The third-order valence-corrected chi connectivity index (χ3v) is 1.58. The zero-order valence-corrected chi connectivity index (χ0v) is 7.83. The van der Waals surface area contributed by atoms with Gasteiger partial charge >= 0.3 is 0 Å². The second-order valence-electron chi connectivity index (χ2n) is 3.62. The number of hydrogen-bond donors (Lipinski definition) is 1. The molecule has 0 amide bonds. The SMILES string of the molecule is CC1(C)CCCN1.CCC. The lowest BCUT2D eigenvalue weighted by Gasteiger charge is -2.15. The summed E-state index contributed by atoms with van der Waals surface area (Å²) in [6, 6.07) is 0. The average Bonchev–Trinajstić information content (AvgIpc) is 2.16. The zero-order valence-electron chi connectivity index (χ0n) is 7.83. The summed E-state index contributed by atoms with van der Waals surface area (Å²) in [5.41, 5.74) is 0.444. The van der Waals surface area contributed by atoms with E-state index < -0.39 is 0 Å². The minimum atomic E-state index is 0.444. The largest absolute Gasteiger partial charge is 0.312 e. The van der Waals surface area contributed by atoms with Crippen LogP contribution in [0.15, 0.2) is 0 Å². The lowest BCUT2D eigenvalue weighted by atomic mass is 10.0. The maximum atomic E-state index is 3.40. The molecule has 1 saturated heterocycles. The Bertz CT molecular complexity index is 68.8. The van der Waals surface area contributed by atoms with Crippen LogP contribution in [0.2, 0.25) is 0 Å². The summed E-state index contributed by atoms with van der Waals surface area (Å²) in [5, 5.41) is 3.40. The summed E-state index contributed by atoms with van der Waals surface area (Å²) in [5.74, 6) is 0. The second-order valence-corrected chi connectivity index (χ2v) is 3.62. The van der Waals surface area contributed by atoms with Gasteiger partial charge in [0.2, 0.25) is 0 Å². The second kappa shape index (κ2) is 4.73. The van der Waals surface area contributed by atoms with E-state index >= 15 is 0 Å².